The van der Waals surface area contributed by atoms with E-state index in [-0.39, 0.29) is 5.82 Å². The predicted molar refractivity (Wildman–Crippen MR) is 86.3 cm³/mol. The molecule has 0 aliphatic heterocycles. The molecule has 0 fully saturated rings. The van der Waals surface area contributed by atoms with Gasteiger partial charge in [0, 0.05) is 13.1 Å². The molecule has 22 heavy (non-hydrogen) atoms. The molecule has 0 spiro atoms. The molecule has 0 saturated carbocycles. The van der Waals surface area contributed by atoms with Crippen LogP contribution in [0.5, 0.6) is 0 Å². The Morgan fingerprint density at radius 1 is 1.23 bits per heavy atom. The summed E-state index contributed by atoms with van der Waals surface area (Å²) >= 11 is 0. The van der Waals surface area contributed by atoms with Gasteiger partial charge in [-0.3, -0.25) is 0 Å². The highest BCUT2D eigenvalue weighted by Crippen LogP contribution is 2.11. The molecular weight excluding hydrogens is 283 g/mol. The molecule has 5 heteroatoms. The van der Waals surface area contributed by atoms with Gasteiger partial charge in [-0.05, 0) is 64.8 Å². The number of benzene rings is 1. The van der Waals surface area contributed by atoms with Gasteiger partial charge in [0.2, 0.25) is 0 Å². The number of hydrogen-bond donors (Lipinski definition) is 2. The maximum Gasteiger partial charge on any atom is 0.408 e. The number of rotatable bonds is 5. The molecule has 0 radical (unpaired) electrons. The SMILES string of the molecule is Cc1ccc(F)cc1CNCC(C)(C)NC(=O)OC(C)(C)C. The third kappa shape index (κ3) is 6.89. The molecule has 0 atom stereocenters. The second-order valence-corrected chi connectivity index (χ2v) is 7.19. The Balaban J connectivity index is 2.48. The van der Waals surface area contributed by atoms with E-state index >= 15 is 0 Å². The van der Waals surface area contributed by atoms with Crippen LogP contribution in [0.1, 0.15) is 45.7 Å². The highest BCUT2D eigenvalue weighted by atomic mass is 19.1. The molecule has 0 heterocycles. The van der Waals surface area contributed by atoms with Crippen LogP contribution in [0.15, 0.2) is 18.2 Å². The zero-order valence-electron chi connectivity index (χ0n) is 14.3. The van der Waals surface area contributed by atoms with Crippen LogP contribution in [0.3, 0.4) is 0 Å². The number of alkyl carbamates (subject to hydrolysis) is 1. The van der Waals surface area contributed by atoms with Crippen molar-refractivity contribution in [2.45, 2.75) is 59.2 Å². The molecule has 0 aromatic heterocycles. The lowest BCUT2D eigenvalue weighted by Gasteiger charge is -2.29. The average Bonchev–Trinajstić information content (AvgIpc) is 2.30. The number of amides is 1. The van der Waals surface area contributed by atoms with Gasteiger partial charge in [0.1, 0.15) is 11.4 Å². The van der Waals surface area contributed by atoms with Crippen LogP contribution in [0.2, 0.25) is 0 Å². The van der Waals surface area contributed by atoms with Crippen molar-refractivity contribution in [2.75, 3.05) is 6.54 Å². The lowest BCUT2D eigenvalue weighted by atomic mass is 10.1. The first-order valence-corrected chi connectivity index (χ1v) is 7.45. The highest BCUT2D eigenvalue weighted by molar-refractivity contribution is 5.68. The van der Waals surface area contributed by atoms with Crippen LogP contribution in [-0.4, -0.2) is 23.8 Å². The van der Waals surface area contributed by atoms with E-state index in [1.807, 2.05) is 41.5 Å². The second-order valence-electron chi connectivity index (χ2n) is 7.19. The molecule has 0 aliphatic rings. The van der Waals surface area contributed by atoms with Gasteiger partial charge >= 0.3 is 6.09 Å². The number of carbonyl (C=O) groups excluding carboxylic acids is 1. The van der Waals surface area contributed by atoms with Crippen LogP contribution in [0.25, 0.3) is 0 Å². The van der Waals surface area contributed by atoms with Crippen molar-refractivity contribution in [3.05, 3.63) is 35.1 Å². The van der Waals surface area contributed by atoms with Gasteiger partial charge in [-0.25, -0.2) is 9.18 Å². The maximum absolute atomic E-state index is 13.2. The van der Waals surface area contributed by atoms with Crippen molar-refractivity contribution in [1.29, 1.82) is 0 Å². The third-order valence-electron chi connectivity index (χ3n) is 3.03. The van der Waals surface area contributed by atoms with E-state index in [1.54, 1.807) is 6.07 Å². The lowest BCUT2D eigenvalue weighted by molar-refractivity contribution is 0.0472. The van der Waals surface area contributed by atoms with Crippen LogP contribution in [0, 0.1) is 12.7 Å². The molecule has 1 rings (SSSR count). The number of nitrogens with one attached hydrogen (secondary N) is 2. The number of hydrogen-bond acceptors (Lipinski definition) is 3. The normalized spacial score (nSPS) is 12.1. The number of carbonyl (C=O) groups is 1. The standard InChI is InChI=1S/C17H27FN2O2/c1-12-7-8-14(18)9-13(12)10-19-11-17(5,6)20-15(21)22-16(2,3)4/h7-9,19H,10-11H2,1-6H3,(H,20,21). The maximum atomic E-state index is 13.2. The van der Waals surface area contributed by atoms with Gasteiger partial charge in [0.25, 0.3) is 0 Å². The zero-order chi connectivity index (χ0) is 17.0. The van der Waals surface area contributed by atoms with Gasteiger partial charge < -0.3 is 15.4 Å². The predicted octanol–water partition coefficient (Wildman–Crippen LogP) is 3.53. The molecule has 1 aromatic rings. The number of aryl methyl sites for hydroxylation is 1. The van der Waals surface area contributed by atoms with Gasteiger partial charge in [-0.2, -0.15) is 0 Å². The fourth-order valence-corrected chi connectivity index (χ4v) is 1.96. The van der Waals surface area contributed by atoms with E-state index in [1.165, 1.54) is 12.1 Å². The minimum Gasteiger partial charge on any atom is -0.444 e. The Bertz CT molecular complexity index is 522. The van der Waals surface area contributed by atoms with Crippen molar-refractivity contribution in [3.63, 3.8) is 0 Å². The van der Waals surface area contributed by atoms with E-state index in [4.69, 9.17) is 4.74 Å². The molecule has 0 aliphatic carbocycles. The number of ether oxygens (including phenoxy) is 1. The van der Waals surface area contributed by atoms with Gasteiger partial charge in [0.15, 0.2) is 0 Å². The summed E-state index contributed by atoms with van der Waals surface area (Å²) < 4.78 is 18.5. The van der Waals surface area contributed by atoms with Crippen molar-refractivity contribution < 1.29 is 13.9 Å². The fraction of sp³-hybridized carbons (Fsp3) is 0.588. The van der Waals surface area contributed by atoms with E-state index < -0.39 is 17.2 Å². The Morgan fingerprint density at radius 3 is 2.45 bits per heavy atom. The smallest absolute Gasteiger partial charge is 0.408 e. The summed E-state index contributed by atoms with van der Waals surface area (Å²) in [6, 6.07) is 4.74. The Labute approximate surface area is 132 Å². The topological polar surface area (TPSA) is 50.4 Å². The Morgan fingerprint density at radius 2 is 1.86 bits per heavy atom. The molecule has 4 nitrogen and oxygen atoms in total. The molecule has 0 bridgehead atoms. The second kappa shape index (κ2) is 7.09. The average molecular weight is 310 g/mol. The minimum atomic E-state index is -0.522. The number of halogens is 1. The van der Waals surface area contributed by atoms with Crippen molar-refractivity contribution >= 4 is 6.09 Å². The summed E-state index contributed by atoms with van der Waals surface area (Å²) in [6.45, 7) is 12.3. The first-order chi connectivity index (χ1) is 9.98. The molecule has 124 valence electrons. The van der Waals surface area contributed by atoms with Crippen LogP contribution < -0.4 is 10.6 Å². The molecule has 0 saturated heterocycles. The highest BCUT2D eigenvalue weighted by Gasteiger charge is 2.24. The summed E-state index contributed by atoms with van der Waals surface area (Å²) in [5.74, 6) is -0.242. The first-order valence-electron chi connectivity index (χ1n) is 7.45. The van der Waals surface area contributed by atoms with Gasteiger partial charge in [-0.15, -0.1) is 0 Å². The Hall–Kier alpha value is -1.62. The quantitative estimate of drug-likeness (QED) is 0.875. The molecule has 1 amide bonds. The van der Waals surface area contributed by atoms with E-state index in [2.05, 4.69) is 10.6 Å². The van der Waals surface area contributed by atoms with Gasteiger partial charge in [0.05, 0.1) is 5.54 Å². The van der Waals surface area contributed by atoms with E-state index in [9.17, 15) is 9.18 Å². The fourth-order valence-electron chi connectivity index (χ4n) is 1.96. The first kappa shape index (κ1) is 18.4. The van der Waals surface area contributed by atoms with Crippen LogP contribution in [0.4, 0.5) is 9.18 Å². The lowest BCUT2D eigenvalue weighted by Crippen LogP contribution is -2.51. The van der Waals surface area contributed by atoms with Crippen molar-refractivity contribution in [2.24, 2.45) is 0 Å². The molecule has 0 unspecified atom stereocenters. The largest absolute Gasteiger partial charge is 0.444 e. The van der Waals surface area contributed by atoms with Crippen molar-refractivity contribution in [3.8, 4) is 0 Å². The Kier molecular flexibility index (Phi) is 5.94. The van der Waals surface area contributed by atoms with Crippen LogP contribution in [-0.2, 0) is 11.3 Å². The molecule has 2 N–H and O–H groups in total. The third-order valence-corrected chi connectivity index (χ3v) is 3.03. The van der Waals surface area contributed by atoms with E-state index in [0.29, 0.717) is 13.1 Å². The summed E-state index contributed by atoms with van der Waals surface area (Å²) in [7, 11) is 0. The van der Waals surface area contributed by atoms with Crippen LogP contribution >= 0.6 is 0 Å². The summed E-state index contributed by atoms with van der Waals surface area (Å²) in [5, 5.41) is 6.07. The van der Waals surface area contributed by atoms with Crippen molar-refractivity contribution in [1.82, 2.24) is 10.6 Å². The zero-order valence-corrected chi connectivity index (χ0v) is 14.3. The summed E-state index contributed by atoms with van der Waals surface area (Å²) in [4.78, 5) is 11.8. The minimum absolute atomic E-state index is 0.242. The molecular formula is C17H27FN2O2. The summed E-state index contributed by atoms with van der Waals surface area (Å²) in [6.07, 6.45) is -0.443. The van der Waals surface area contributed by atoms with Gasteiger partial charge in [-0.1, -0.05) is 6.07 Å². The van der Waals surface area contributed by atoms with E-state index in [0.717, 1.165) is 11.1 Å². The monoisotopic (exact) mass is 310 g/mol. The molecule has 1 aromatic carbocycles. The summed E-state index contributed by atoms with van der Waals surface area (Å²) in [5.41, 5.74) is 0.954.